The summed E-state index contributed by atoms with van der Waals surface area (Å²) in [5, 5.41) is 13.2. The maximum atomic E-state index is 11.2. The van der Waals surface area contributed by atoms with Crippen molar-refractivity contribution in [2.24, 2.45) is 7.05 Å². The number of para-hydroxylation sites is 2. The molecule has 2 aromatic carbocycles. The quantitative estimate of drug-likeness (QED) is 0.602. The van der Waals surface area contributed by atoms with Crippen LogP contribution in [0.5, 0.6) is 0 Å². The number of fused-ring (bicyclic) bond motifs is 2. The fourth-order valence-corrected chi connectivity index (χ4v) is 4.31. The van der Waals surface area contributed by atoms with E-state index in [1.165, 1.54) is 5.39 Å². The first-order chi connectivity index (χ1) is 13.1. The van der Waals surface area contributed by atoms with Gasteiger partial charge in [0.25, 0.3) is 0 Å². The zero-order chi connectivity index (χ0) is 18.8. The van der Waals surface area contributed by atoms with Crippen LogP contribution in [0.2, 0.25) is 0 Å². The molecule has 0 atom stereocenters. The van der Waals surface area contributed by atoms with Crippen LogP contribution in [-0.4, -0.2) is 23.5 Å². The second-order valence-corrected chi connectivity index (χ2v) is 7.35. The number of aromatic nitrogens is 1. The number of nitrogens with zero attached hydrogens (tertiary/aromatic N) is 2. The van der Waals surface area contributed by atoms with Crippen LogP contribution < -0.4 is 14.6 Å². The van der Waals surface area contributed by atoms with Crippen molar-refractivity contribution in [1.82, 2.24) is 0 Å². The molecule has 0 bridgehead atoms. The third-order valence-electron chi connectivity index (χ3n) is 4.51. The Kier molecular flexibility index (Phi) is 7.17. The van der Waals surface area contributed by atoms with Crippen molar-refractivity contribution < 1.29 is 25.4 Å². The molecule has 0 saturated carbocycles. The number of allylic oxidation sites excluding steroid dienone is 2. The predicted octanol–water partition coefficient (Wildman–Crippen LogP) is 1.23. The molecule has 7 heteroatoms. The number of thioether (sulfide) groups is 1. The van der Waals surface area contributed by atoms with Crippen molar-refractivity contribution in [2.75, 3.05) is 11.4 Å². The van der Waals surface area contributed by atoms with Gasteiger partial charge in [0.15, 0.2) is 6.20 Å². The Hall–Kier alpha value is -3.13. The first kappa shape index (κ1) is 22.2. The zero-order valence-corrected chi connectivity index (χ0v) is 16.6. The van der Waals surface area contributed by atoms with Gasteiger partial charge in [-0.2, -0.15) is 0 Å². The summed E-state index contributed by atoms with van der Waals surface area (Å²) in [4.78, 5) is 14.0. The fraction of sp³-hybridized carbons (Fsp3) is 0.0909. The number of carbonyl (C=O) groups excluding carboxylic acids is 1. The lowest BCUT2D eigenvalue weighted by Gasteiger charge is -2.20. The van der Waals surface area contributed by atoms with Gasteiger partial charge in [0.2, 0.25) is 5.52 Å². The molecular formula is C22H22N2O4S. The van der Waals surface area contributed by atoms with Gasteiger partial charge in [-0.1, -0.05) is 48.2 Å². The van der Waals surface area contributed by atoms with Crippen LogP contribution in [-0.2, 0) is 11.8 Å². The summed E-state index contributed by atoms with van der Waals surface area (Å²) < 4.78 is 2.09. The smallest absolute Gasteiger partial charge is 0.212 e. The monoisotopic (exact) mass is 410 g/mol. The van der Waals surface area contributed by atoms with E-state index in [4.69, 9.17) is 0 Å². The summed E-state index contributed by atoms with van der Waals surface area (Å²) in [6, 6.07) is 18.1. The lowest BCUT2D eigenvalue weighted by molar-refractivity contribution is -0.644. The van der Waals surface area contributed by atoms with Gasteiger partial charge in [-0.05, 0) is 29.8 Å². The highest BCUT2D eigenvalue weighted by Crippen LogP contribution is 2.45. The van der Waals surface area contributed by atoms with E-state index in [2.05, 4.69) is 28.8 Å². The number of anilines is 1. The molecule has 29 heavy (non-hydrogen) atoms. The second-order valence-electron chi connectivity index (χ2n) is 6.29. The number of aryl methyl sites for hydroxylation is 1. The maximum absolute atomic E-state index is 11.2. The summed E-state index contributed by atoms with van der Waals surface area (Å²) in [7, 11) is 2.03. The number of rotatable bonds is 4. The van der Waals surface area contributed by atoms with Gasteiger partial charge in [-0.3, -0.25) is 0 Å². The summed E-state index contributed by atoms with van der Waals surface area (Å²) >= 11 is 1.57. The summed E-state index contributed by atoms with van der Waals surface area (Å²) in [5.74, 6) is -1.09. The van der Waals surface area contributed by atoms with Crippen LogP contribution in [0.15, 0.2) is 82.9 Å². The van der Waals surface area contributed by atoms with Gasteiger partial charge in [0.1, 0.15) is 7.05 Å². The van der Waals surface area contributed by atoms with Crippen molar-refractivity contribution in [2.45, 2.75) is 4.90 Å². The van der Waals surface area contributed by atoms with E-state index in [-0.39, 0.29) is 17.5 Å². The van der Waals surface area contributed by atoms with Crippen LogP contribution in [0, 0.1) is 0 Å². The minimum absolute atomic E-state index is 0. The molecule has 0 radical (unpaired) electrons. The average Bonchev–Trinajstić information content (AvgIpc) is 3.01. The minimum Gasteiger partial charge on any atom is -0.548 e. The van der Waals surface area contributed by atoms with Crippen molar-refractivity contribution in [3.63, 3.8) is 0 Å². The number of aliphatic carboxylic acids is 1. The number of pyridine rings is 1. The average molecular weight is 410 g/mol. The molecule has 4 N–H and O–H groups in total. The van der Waals surface area contributed by atoms with Gasteiger partial charge < -0.3 is 25.8 Å². The van der Waals surface area contributed by atoms with Crippen molar-refractivity contribution >= 4 is 40.4 Å². The molecule has 4 rings (SSSR count). The van der Waals surface area contributed by atoms with Gasteiger partial charge in [-0.25, -0.2) is 4.57 Å². The highest BCUT2D eigenvalue weighted by Gasteiger charge is 2.24. The number of carboxylic acid groups (broad SMARTS) is 1. The van der Waals surface area contributed by atoms with E-state index in [9.17, 15) is 9.90 Å². The van der Waals surface area contributed by atoms with Crippen LogP contribution in [0.3, 0.4) is 0 Å². The number of benzene rings is 2. The van der Waals surface area contributed by atoms with E-state index in [0.717, 1.165) is 26.7 Å². The molecule has 0 saturated heterocycles. The first-order valence-corrected chi connectivity index (χ1v) is 9.45. The SMILES string of the molecule is C[n+]1ccc(/C=C/C=C2/Sc3ccccc3N2CC(=O)[O-])c2ccccc21.O.O. The molecule has 1 aliphatic rings. The third kappa shape index (κ3) is 4.48. The number of carbonyl (C=O) groups is 1. The van der Waals surface area contributed by atoms with Crippen molar-refractivity contribution in [1.29, 1.82) is 0 Å². The molecule has 0 spiro atoms. The van der Waals surface area contributed by atoms with Gasteiger partial charge in [0.05, 0.1) is 28.6 Å². The largest absolute Gasteiger partial charge is 0.548 e. The Labute approximate surface area is 173 Å². The second kappa shape index (κ2) is 9.38. The first-order valence-electron chi connectivity index (χ1n) is 8.63. The molecule has 150 valence electrons. The number of hydrogen-bond acceptors (Lipinski definition) is 4. The highest BCUT2D eigenvalue weighted by atomic mass is 32.2. The maximum Gasteiger partial charge on any atom is 0.212 e. The van der Waals surface area contributed by atoms with Gasteiger partial charge >= 0.3 is 0 Å². The predicted molar refractivity (Wildman–Crippen MR) is 114 cm³/mol. The molecule has 2 heterocycles. The Morgan fingerprint density at radius 2 is 1.83 bits per heavy atom. The van der Waals surface area contributed by atoms with Gasteiger partial charge in [0, 0.05) is 17.0 Å². The molecular weight excluding hydrogens is 388 g/mol. The molecule has 0 fully saturated rings. The van der Waals surface area contributed by atoms with Crippen LogP contribution in [0.1, 0.15) is 5.56 Å². The highest BCUT2D eigenvalue weighted by molar-refractivity contribution is 8.03. The Bertz CT molecular complexity index is 1100. The lowest BCUT2D eigenvalue weighted by Crippen LogP contribution is -2.36. The van der Waals surface area contributed by atoms with Gasteiger partial charge in [-0.15, -0.1) is 0 Å². The molecule has 1 aliphatic heterocycles. The van der Waals surface area contributed by atoms with Crippen LogP contribution in [0.25, 0.3) is 17.0 Å². The molecule has 0 amide bonds. The number of hydrogen-bond donors (Lipinski definition) is 0. The van der Waals surface area contributed by atoms with E-state index < -0.39 is 5.97 Å². The van der Waals surface area contributed by atoms with Crippen LogP contribution >= 0.6 is 11.8 Å². The summed E-state index contributed by atoms with van der Waals surface area (Å²) in [6.07, 6.45) is 8.02. The van der Waals surface area contributed by atoms with Crippen LogP contribution in [0.4, 0.5) is 5.69 Å². The third-order valence-corrected chi connectivity index (χ3v) is 5.64. The normalized spacial score (nSPS) is 14.0. The van der Waals surface area contributed by atoms with E-state index >= 15 is 0 Å². The Morgan fingerprint density at radius 3 is 2.62 bits per heavy atom. The van der Waals surface area contributed by atoms with Crippen molar-refractivity contribution in [3.8, 4) is 0 Å². The summed E-state index contributed by atoms with van der Waals surface area (Å²) in [5.41, 5.74) is 3.18. The summed E-state index contributed by atoms with van der Waals surface area (Å²) in [6.45, 7) is -0.159. The molecule has 3 aromatic rings. The molecule has 0 aliphatic carbocycles. The molecule has 1 aromatic heterocycles. The fourth-order valence-electron chi connectivity index (χ4n) is 3.24. The van der Waals surface area contributed by atoms with E-state index in [1.54, 1.807) is 16.7 Å². The zero-order valence-electron chi connectivity index (χ0n) is 15.8. The Morgan fingerprint density at radius 1 is 1.10 bits per heavy atom. The molecule has 6 nitrogen and oxygen atoms in total. The Balaban J connectivity index is 0.00000150. The topological polar surface area (TPSA) is 110 Å². The van der Waals surface area contributed by atoms with E-state index in [0.29, 0.717) is 0 Å². The van der Waals surface area contributed by atoms with E-state index in [1.807, 2.05) is 61.8 Å². The standard InChI is InChI=1S/C22H18N2O2S.2H2O/c1-23-14-13-16(17-8-2-3-9-18(17)23)7-6-12-21-24(15-22(25)26)19-10-4-5-11-20(19)27-21;;/h2-14H,15H2,1H3;2*1H2. The lowest BCUT2D eigenvalue weighted by atomic mass is 10.1. The minimum atomic E-state index is -1.09. The number of carboxylic acids is 1. The van der Waals surface area contributed by atoms with Crippen molar-refractivity contribution in [3.05, 3.63) is 83.5 Å². The molecule has 0 unspecified atom stereocenters.